The van der Waals surface area contributed by atoms with Crippen LogP contribution in [0, 0.1) is 13.8 Å². The first-order valence-electron chi connectivity index (χ1n) is 7.62. The number of rotatable bonds is 6. The van der Waals surface area contributed by atoms with Crippen LogP contribution in [0.1, 0.15) is 43.9 Å². The molecule has 1 atom stereocenters. The lowest BCUT2D eigenvalue weighted by Gasteiger charge is -2.22. The highest BCUT2D eigenvalue weighted by Crippen LogP contribution is 2.20. The highest BCUT2D eigenvalue weighted by atomic mass is 16.5. The summed E-state index contributed by atoms with van der Waals surface area (Å²) in [6.45, 7) is 3.84. The van der Waals surface area contributed by atoms with Crippen molar-refractivity contribution in [1.82, 2.24) is 15.2 Å². The van der Waals surface area contributed by atoms with E-state index in [1.165, 1.54) is 7.11 Å². The van der Waals surface area contributed by atoms with Gasteiger partial charge in [-0.3, -0.25) is 9.69 Å². The number of furan rings is 1. The number of likely N-dealkylation sites (N-methyl/N-ethyl adjacent to an activating group) is 1. The summed E-state index contributed by atoms with van der Waals surface area (Å²) in [6, 6.07) is 3.60. The van der Waals surface area contributed by atoms with Crippen molar-refractivity contribution in [2.75, 3.05) is 27.7 Å². The van der Waals surface area contributed by atoms with Gasteiger partial charge in [-0.15, -0.1) is 0 Å². The molecule has 7 heteroatoms. The Morgan fingerprint density at radius 2 is 2.08 bits per heavy atom. The zero-order valence-electron chi connectivity index (χ0n) is 14.6. The maximum absolute atomic E-state index is 12.5. The Balaban J connectivity index is 2.14. The molecule has 2 aromatic rings. The normalized spacial score (nSPS) is 12.2. The molecule has 24 heavy (non-hydrogen) atoms. The Hall–Kier alpha value is -2.54. The van der Waals surface area contributed by atoms with Gasteiger partial charge in [0.05, 0.1) is 25.0 Å². The molecule has 2 rings (SSSR count). The van der Waals surface area contributed by atoms with E-state index in [0.717, 1.165) is 5.76 Å². The number of aryl methyl sites for hydroxylation is 1. The van der Waals surface area contributed by atoms with E-state index in [1.54, 1.807) is 20.1 Å². The summed E-state index contributed by atoms with van der Waals surface area (Å²) in [6.07, 6.45) is 1.61. The smallest absolute Gasteiger partial charge is 0.339 e. The zero-order chi connectivity index (χ0) is 17.9. The molecular weight excluding hydrogens is 310 g/mol. The van der Waals surface area contributed by atoms with Crippen molar-refractivity contribution >= 4 is 11.9 Å². The molecule has 2 heterocycles. The number of aromatic amines is 1. The highest BCUT2D eigenvalue weighted by Gasteiger charge is 2.24. The third kappa shape index (κ3) is 3.51. The van der Waals surface area contributed by atoms with Gasteiger partial charge in [-0.05, 0) is 45.6 Å². The van der Waals surface area contributed by atoms with E-state index in [1.807, 2.05) is 31.1 Å². The van der Waals surface area contributed by atoms with Crippen LogP contribution in [0.15, 0.2) is 22.8 Å². The molecule has 0 radical (unpaired) electrons. The highest BCUT2D eigenvalue weighted by molar-refractivity contribution is 6.00. The maximum atomic E-state index is 12.5. The van der Waals surface area contributed by atoms with Gasteiger partial charge in [0, 0.05) is 12.2 Å². The van der Waals surface area contributed by atoms with Crippen molar-refractivity contribution in [3.8, 4) is 0 Å². The van der Waals surface area contributed by atoms with E-state index in [2.05, 4.69) is 10.3 Å². The largest absolute Gasteiger partial charge is 0.468 e. The maximum Gasteiger partial charge on any atom is 0.339 e. The van der Waals surface area contributed by atoms with Gasteiger partial charge in [0.1, 0.15) is 11.5 Å². The second-order valence-corrected chi connectivity index (χ2v) is 5.82. The number of nitrogens with zero attached hydrogens (tertiary/aromatic N) is 1. The molecule has 7 nitrogen and oxygen atoms in total. The first-order chi connectivity index (χ1) is 11.4. The molecule has 1 unspecified atom stereocenters. The number of aromatic nitrogens is 1. The Morgan fingerprint density at radius 1 is 1.38 bits per heavy atom. The quantitative estimate of drug-likeness (QED) is 0.790. The third-order valence-electron chi connectivity index (χ3n) is 4.01. The molecule has 1 amide bonds. The van der Waals surface area contributed by atoms with Crippen LogP contribution in [-0.2, 0) is 4.74 Å². The lowest BCUT2D eigenvalue weighted by Crippen LogP contribution is -2.34. The van der Waals surface area contributed by atoms with E-state index in [4.69, 9.17) is 9.15 Å². The Bertz CT molecular complexity index is 717. The van der Waals surface area contributed by atoms with Gasteiger partial charge in [0.15, 0.2) is 0 Å². The Labute approximate surface area is 141 Å². The van der Waals surface area contributed by atoms with Gasteiger partial charge in [0.2, 0.25) is 0 Å². The summed E-state index contributed by atoms with van der Waals surface area (Å²) in [7, 11) is 5.15. The van der Waals surface area contributed by atoms with E-state index >= 15 is 0 Å². The van der Waals surface area contributed by atoms with Gasteiger partial charge in [0.25, 0.3) is 5.91 Å². The minimum absolute atomic E-state index is 0.0830. The molecule has 0 spiro atoms. The summed E-state index contributed by atoms with van der Waals surface area (Å²) in [5.74, 6) is 0.0427. The van der Waals surface area contributed by atoms with Gasteiger partial charge in [-0.2, -0.15) is 0 Å². The second kappa shape index (κ2) is 7.35. The summed E-state index contributed by atoms with van der Waals surface area (Å²) < 4.78 is 10.2. The van der Waals surface area contributed by atoms with E-state index in [0.29, 0.717) is 29.1 Å². The number of nitrogens with one attached hydrogen (secondary N) is 2. The van der Waals surface area contributed by atoms with Gasteiger partial charge in [-0.1, -0.05) is 0 Å². The van der Waals surface area contributed by atoms with Crippen molar-refractivity contribution in [3.63, 3.8) is 0 Å². The molecule has 0 aliphatic heterocycles. The molecule has 0 saturated heterocycles. The summed E-state index contributed by atoms with van der Waals surface area (Å²) in [5, 5.41) is 2.88. The molecule has 0 aromatic carbocycles. The fourth-order valence-corrected chi connectivity index (χ4v) is 2.68. The summed E-state index contributed by atoms with van der Waals surface area (Å²) in [5.41, 5.74) is 1.96. The molecule has 0 fully saturated rings. The van der Waals surface area contributed by atoms with Gasteiger partial charge < -0.3 is 19.5 Å². The number of carbonyl (C=O) groups excluding carboxylic acids is 2. The number of hydrogen-bond acceptors (Lipinski definition) is 5. The van der Waals surface area contributed by atoms with Crippen molar-refractivity contribution in [2.45, 2.75) is 19.9 Å². The molecule has 2 N–H and O–H groups in total. The first-order valence-corrected chi connectivity index (χ1v) is 7.62. The van der Waals surface area contributed by atoms with E-state index in [-0.39, 0.29) is 11.9 Å². The van der Waals surface area contributed by atoms with Crippen molar-refractivity contribution in [1.29, 1.82) is 0 Å². The third-order valence-corrected chi connectivity index (χ3v) is 4.01. The van der Waals surface area contributed by atoms with Crippen LogP contribution >= 0.6 is 0 Å². The van der Waals surface area contributed by atoms with Crippen molar-refractivity contribution in [3.05, 3.63) is 46.7 Å². The minimum atomic E-state index is -0.456. The molecule has 0 aliphatic rings. The summed E-state index contributed by atoms with van der Waals surface area (Å²) in [4.78, 5) is 29.2. The molecule has 0 saturated carbocycles. The molecule has 130 valence electrons. The van der Waals surface area contributed by atoms with E-state index in [9.17, 15) is 9.59 Å². The van der Waals surface area contributed by atoms with Gasteiger partial charge >= 0.3 is 5.97 Å². The minimum Gasteiger partial charge on any atom is -0.468 e. The molecular formula is C17H23N3O4. The second-order valence-electron chi connectivity index (χ2n) is 5.82. The number of H-pyrrole nitrogens is 1. The monoisotopic (exact) mass is 333 g/mol. The predicted octanol–water partition coefficient (Wildman–Crippen LogP) is 2.04. The molecule has 0 bridgehead atoms. The number of methoxy groups -OCH3 is 1. The average molecular weight is 333 g/mol. The van der Waals surface area contributed by atoms with Crippen LogP contribution in [0.25, 0.3) is 0 Å². The lowest BCUT2D eigenvalue weighted by atomic mass is 10.1. The topological polar surface area (TPSA) is 87.6 Å². The van der Waals surface area contributed by atoms with Crippen LogP contribution in [0.2, 0.25) is 0 Å². The number of carbonyl (C=O) groups is 2. The first kappa shape index (κ1) is 17.8. The SMILES string of the molecule is COC(=O)c1c(C)[nH]c(C(=O)NCC(c2ccco2)N(C)C)c1C. The lowest BCUT2D eigenvalue weighted by molar-refractivity contribution is 0.0599. The van der Waals surface area contributed by atoms with E-state index < -0.39 is 5.97 Å². The van der Waals surface area contributed by atoms with Crippen LogP contribution < -0.4 is 5.32 Å². The van der Waals surface area contributed by atoms with Crippen LogP contribution in [0.4, 0.5) is 0 Å². The van der Waals surface area contributed by atoms with Crippen molar-refractivity contribution in [2.24, 2.45) is 0 Å². The Morgan fingerprint density at radius 3 is 2.62 bits per heavy atom. The number of amides is 1. The fourth-order valence-electron chi connectivity index (χ4n) is 2.68. The zero-order valence-corrected chi connectivity index (χ0v) is 14.6. The van der Waals surface area contributed by atoms with Crippen molar-refractivity contribution < 1.29 is 18.7 Å². The van der Waals surface area contributed by atoms with Crippen LogP contribution in [-0.4, -0.2) is 49.5 Å². The van der Waals surface area contributed by atoms with Gasteiger partial charge in [-0.25, -0.2) is 4.79 Å². The average Bonchev–Trinajstić information content (AvgIpc) is 3.15. The standard InChI is InChI=1S/C17H23N3O4/c1-10-14(17(22)23-5)11(2)19-15(10)16(21)18-9-12(20(3)4)13-7-6-8-24-13/h6-8,12,19H,9H2,1-5H3,(H,18,21). The predicted molar refractivity (Wildman–Crippen MR) is 89.1 cm³/mol. The molecule has 0 aliphatic carbocycles. The van der Waals surface area contributed by atoms with Crippen LogP contribution in [0.3, 0.4) is 0 Å². The summed E-state index contributed by atoms with van der Waals surface area (Å²) >= 11 is 0. The Kier molecular flexibility index (Phi) is 5.46. The van der Waals surface area contributed by atoms with Crippen LogP contribution in [0.5, 0.6) is 0 Å². The number of hydrogen-bond donors (Lipinski definition) is 2. The number of esters is 1. The fraction of sp³-hybridized carbons (Fsp3) is 0.412. The molecule has 2 aromatic heterocycles. The number of ether oxygens (including phenoxy) is 1.